The normalized spacial score (nSPS) is 19.9. The third-order valence-electron chi connectivity index (χ3n) is 4.36. The van der Waals surface area contributed by atoms with Crippen molar-refractivity contribution in [1.82, 2.24) is 15.5 Å². The maximum atomic E-state index is 11.9. The highest BCUT2D eigenvalue weighted by Crippen LogP contribution is 2.24. The van der Waals surface area contributed by atoms with Crippen LogP contribution in [0.2, 0.25) is 0 Å². The Morgan fingerprint density at radius 2 is 2.00 bits per heavy atom. The first-order valence-corrected chi connectivity index (χ1v) is 8.26. The molecule has 1 heterocycles. The van der Waals surface area contributed by atoms with Gasteiger partial charge in [-0.05, 0) is 30.5 Å². The third kappa shape index (κ3) is 4.59. The highest BCUT2D eigenvalue weighted by atomic mass is 16.5. The standard InChI is InChI=1S/C17H25N3O3/c1-22-15-6-2-13(3-7-15)16(20-8-10-23-11-9-20)12-18-17(21)19-14-4-5-14/h2-3,6-7,14,16H,4-5,8-12H2,1H3,(H2,18,19,21)/t16-/m1/s1. The zero-order valence-electron chi connectivity index (χ0n) is 13.6. The van der Waals surface area contributed by atoms with Crippen molar-refractivity contribution in [3.8, 4) is 5.75 Å². The SMILES string of the molecule is COc1ccc([C@@H](CNC(=O)NC2CC2)N2CCOCC2)cc1. The number of morpholine rings is 1. The fourth-order valence-corrected chi connectivity index (χ4v) is 2.83. The molecule has 2 N–H and O–H groups in total. The van der Waals surface area contributed by atoms with Crippen LogP contribution in [0.5, 0.6) is 5.75 Å². The molecular weight excluding hydrogens is 294 g/mol. The Kier molecular flexibility index (Phi) is 5.35. The minimum atomic E-state index is -0.0701. The van der Waals surface area contributed by atoms with Crippen molar-refractivity contribution in [1.29, 1.82) is 0 Å². The number of nitrogens with zero attached hydrogens (tertiary/aromatic N) is 1. The van der Waals surface area contributed by atoms with Gasteiger partial charge in [0.15, 0.2) is 0 Å². The number of urea groups is 1. The molecule has 6 heteroatoms. The molecule has 1 aromatic rings. The van der Waals surface area contributed by atoms with E-state index in [-0.39, 0.29) is 12.1 Å². The van der Waals surface area contributed by atoms with Gasteiger partial charge in [-0.2, -0.15) is 0 Å². The fourth-order valence-electron chi connectivity index (χ4n) is 2.83. The lowest BCUT2D eigenvalue weighted by Gasteiger charge is -2.35. The molecule has 2 amide bonds. The van der Waals surface area contributed by atoms with Crippen molar-refractivity contribution in [2.24, 2.45) is 0 Å². The van der Waals surface area contributed by atoms with E-state index in [0.717, 1.165) is 44.9 Å². The number of hydrogen-bond donors (Lipinski definition) is 2. The Morgan fingerprint density at radius 1 is 1.30 bits per heavy atom. The molecule has 126 valence electrons. The largest absolute Gasteiger partial charge is 0.497 e. The smallest absolute Gasteiger partial charge is 0.315 e. The number of benzene rings is 1. The number of hydrogen-bond acceptors (Lipinski definition) is 4. The molecule has 6 nitrogen and oxygen atoms in total. The lowest BCUT2D eigenvalue weighted by Crippen LogP contribution is -2.46. The first kappa shape index (κ1) is 16.1. The van der Waals surface area contributed by atoms with E-state index in [9.17, 15) is 4.79 Å². The van der Waals surface area contributed by atoms with Gasteiger partial charge in [0.05, 0.1) is 26.4 Å². The molecule has 0 aromatic heterocycles. The number of ether oxygens (including phenoxy) is 2. The van der Waals surface area contributed by atoms with E-state index in [2.05, 4.69) is 27.7 Å². The van der Waals surface area contributed by atoms with Gasteiger partial charge in [0, 0.05) is 25.7 Å². The van der Waals surface area contributed by atoms with Gasteiger partial charge >= 0.3 is 6.03 Å². The average molecular weight is 319 g/mol. The Balaban J connectivity index is 1.65. The summed E-state index contributed by atoms with van der Waals surface area (Å²) in [4.78, 5) is 14.3. The topological polar surface area (TPSA) is 62.8 Å². The summed E-state index contributed by atoms with van der Waals surface area (Å²) in [7, 11) is 1.66. The van der Waals surface area contributed by atoms with E-state index in [1.54, 1.807) is 7.11 Å². The van der Waals surface area contributed by atoms with Gasteiger partial charge in [-0.1, -0.05) is 12.1 Å². The minimum Gasteiger partial charge on any atom is -0.497 e. The van der Waals surface area contributed by atoms with Crippen molar-refractivity contribution < 1.29 is 14.3 Å². The molecule has 2 aliphatic rings. The van der Waals surface area contributed by atoms with Crippen LogP contribution < -0.4 is 15.4 Å². The van der Waals surface area contributed by atoms with Crippen molar-refractivity contribution >= 4 is 6.03 Å². The van der Waals surface area contributed by atoms with E-state index in [4.69, 9.17) is 9.47 Å². The summed E-state index contributed by atoms with van der Waals surface area (Å²) < 4.78 is 10.7. The number of nitrogens with one attached hydrogen (secondary N) is 2. The van der Waals surface area contributed by atoms with Gasteiger partial charge in [0.1, 0.15) is 5.75 Å². The molecule has 1 atom stereocenters. The van der Waals surface area contributed by atoms with Crippen LogP contribution in [0.1, 0.15) is 24.4 Å². The summed E-state index contributed by atoms with van der Waals surface area (Å²) in [6.07, 6.45) is 2.19. The van der Waals surface area contributed by atoms with Crippen LogP contribution in [0.3, 0.4) is 0 Å². The Labute approximate surface area is 137 Å². The van der Waals surface area contributed by atoms with Crippen LogP contribution in [-0.4, -0.2) is 56.9 Å². The first-order valence-electron chi connectivity index (χ1n) is 8.26. The summed E-state index contributed by atoms with van der Waals surface area (Å²) in [5, 5.41) is 5.98. The summed E-state index contributed by atoms with van der Waals surface area (Å²) in [6, 6.07) is 8.52. The van der Waals surface area contributed by atoms with Crippen molar-refractivity contribution in [2.45, 2.75) is 24.9 Å². The number of carbonyl (C=O) groups excluding carboxylic acids is 1. The molecule has 23 heavy (non-hydrogen) atoms. The van der Waals surface area contributed by atoms with E-state index in [0.29, 0.717) is 12.6 Å². The second kappa shape index (κ2) is 7.66. The minimum absolute atomic E-state index is 0.0701. The van der Waals surface area contributed by atoms with Crippen LogP contribution in [0.15, 0.2) is 24.3 Å². The molecule has 0 radical (unpaired) electrons. The van der Waals surface area contributed by atoms with Gasteiger partial charge < -0.3 is 20.1 Å². The average Bonchev–Trinajstić information content (AvgIpc) is 3.40. The quantitative estimate of drug-likeness (QED) is 0.835. The molecule has 1 aromatic carbocycles. The monoisotopic (exact) mass is 319 g/mol. The highest BCUT2D eigenvalue weighted by molar-refractivity contribution is 5.74. The Bertz CT molecular complexity index is 510. The van der Waals surface area contributed by atoms with Crippen molar-refractivity contribution in [3.63, 3.8) is 0 Å². The molecule has 1 saturated heterocycles. The number of amides is 2. The summed E-state index contributed by atoms with van der Waals surface area (Å²) in [5.41, 5.74) is 1.18. The lowest BCUT2D eigenvalue weighted by molar-refractivity contribution is 0.0167. The molecule has 0 unspecified atom stereocenters. The Hall–Kier alpha value is -1.79. The zero-order valence-corrected chi connectivity index (χ0v) is 13.6. The van der Waals surface area contributed by atoms with Crippen LogP contribution in [0.25, 0.3) is 0 Å². The first-order chi connectivity index (χ1) is 11.3. The summed E-state index contributed by atoms with van der Waals surface area (Å²) in [5.74, 6) is 0.842. The van der Waals surface area contributed by atoms with Gasteiger partial charge in [0.25, 0.3) is 0 Å². The van der Waals surface area contributed by atoms with Crippen LogP contribution in [0.4, 0.5) is 4.79 Å². The Morgan fingerprint density at radius 3 is 2.61 bits per heavy atom. The second-order valence-electron chi connectivity index (χ2n) is 6.07. The van der Waals surface area contributed by atoms with Gasteiger partial charge in [-0.15, -0.1) is 0 Å². The van der Waals surface area contributed by atoms with Gasteiger partial charge in [-0.25, -0.2) is 4.79 Å². The molecule has 1 aliphatic heterocycles. The molecule has 3 rings (SSSR count). The van der Waals surface area contributed by atoms with Crippen LogP contribution >= 0.6 is 0 Å². The predicted molar refractivity (Wildman–Crippen MR) is 87.7 cm³/mol. The summed E-state index contributed by atoms with van der Waals surface area (Å²) in [6.45, 7) is 3.82. The molecule has 1 aliphatic carbocycles. The summed E-state index contributed by atoms with van der Waals surface area (Å²) >= 11 is 0. The van der Waals surface area contributed by atoms with E-state index < -0.39 is 0 Å². The van der Waals surface area contributed by atoms with Gasteiger partial charge in [-0.3, -0.25) is 4.90 Å². The maximum absolute atomic E-state index is 11.9. The lowest BCUT2D eigenvalue weighted by atomic mass is 10.0. The zero-order chi connectivity index (χ0) is 16.1. The maximum Gasteiger partial charge on any atom is 0.315 e. The number of carbonyl (C=O) groups is 1. The highest BCUT2D eigenvalue weighted by Gasteiger charge is 2.26. The van der Waals surface area contributed by atoms with Crippen molar-refractivity contribution in [2.75, 3.05) is 40.0 Å². The fraction of sp³-hybridized carbons (Fsp3) is 0.588. The molecule has 0 spiro atoms. The van der Waals surface area contributed by atoms with Crippen LogP contribution in [0, 0.1) is 0 Å². The van der Waals surface area contributed by atoms with E-state index >= 15 is 0 Å². The van der Waals surface area contributed by atoms with E-state index in [1.807, 2.05) is 12.1 Å². The predicted octanol–water partition coefficient (Wildman–Crippen LogP) is 1.53. The number of rotatable bonds is 6. The second-order valence-corrected chi connectivity index (χ2v) is 6.07. The third-order valence-corrected chi connectivity index (χ3v) is 4.36. The van der Waals surface area contributed by atoms with Crippen LogP contribution in [-0.2, 0) is 4.74 Å². The molecular formula is C17H25N3O3. The number of methoxy groups -OCH3 is 1. The van der Waals surface area contributed by atoms with Crippen molar-refractivity contribution in [3.05, 3.63) is 29.8 Å². The molecule has 1 saturated carbocycles. The van der Waals surface area contributed by atoms with E-state index in [1.165, 1.54) is 5.56 Å². The van der Waals surface area contributed by atoms with Gasteiger partial charge in [0.2, 0.25) is 0 Å². The molecule has 0 bridgehead atoms. The molecule has 2 fully saturated rings.